The van der Waals surface area contributed by atoms with Gasteiger partial charge in [0.05, 0.1) is 12.1 Å². The summed E-state index contributed by atoms with van der Waals surface area (Å²) in [5, 5.41) is 19.4. The zero-order chi connectivity index (χ0) is 11.6. The van der Waals surface area contributed by atoms with Crippen LogP contribution in [-0.2, 0) is 0 Å². The average Bonchev–Trinajstić information content (AvgIpc) is 2.23. The van der Waals surface area contributed by atoms with Gasteiger partial charge in [-0.2, -0.15) is 0 Å². The largest absolute Gasteiger partial charge is 0.504 e. The Labute approximate surface area is 94.3 Å². The van der Waals surface area contributed by atoms with Gasteiger partial charge in [0.15, 0.2) is 11.5 Å². The monoisotopic (exact) mass is 230 g/mol. The molecule has 0 aliphatic carbocycles. The Morgan fingerprint density at radius 3 is 2.60 bits per heavy atom. The van der Waals surface area contributed by atoms with Crippen LogP contribution >= 0.6 is 11.6 Å². The molecule has 0 aliphatic rings. The van der Waals surface area contributed by atoms with Crippen LogP contribution in [0, 0.1) is 6.92 Å². The Hall–Kier alpha value is -0.930. The van der Waals surface area contributed by atoms with Crippen LogP contribution in [0.1, 0.15) is 24.0 Å². The van der Waals surface area contributed by atoms with Crippen molar-refractivity contribution in [2.45, 2.75) is 19.8 Å². The second kappa shape index (κ2) is 4.73. The molecule has 0 saturated carbocycles. The van der Waals surface area contributed by atoms with Gasteiger partial charge in [0.2, 0.25) is 0 Å². The number of aromatic hydroxyl groups is 1. The van der Waals surface area contributed by atoms with E-state index in [2.05, 4.69) is 0 Å². The number of phenols is 1. The first-order chi connectivity index (χ1) is 7.02. The molecule has 0 aromatic heterocycles. The Morgan fingerprint density at radius 2 is 2.13 bits per heavy atom. The molecule has 0 saturated heterocycles. The van der Waals surface area contributed by atoms with Crippen LogP contribution in [0.15, 0.2) is 6.07 Å². The number of hydrogen-bond donors (Lipinski definition) is 2. The lowest BCUT2D eigenvalue weighted by molar-refractivity contribution is 0.269. The zero-order valence-electron chi connectivity index (χ0n) is 9.04. The number of hydrogen-bond acceptors (Lipinski definition) is 3. The molecular formula is C11H15ClO3. The van der Waals surface area contributed by atoms with Gasteiger partial charge < -0.3 is 14.9 Å². The second-order valence-electron chi connectivity index (χ2n) is 3.56. The minimum Gasteiger partial charge on any atom is -0.504 e. The zero-order valence-corrected chi connectivity index (χ0v) is 9.80. The molecule has 0 spiro atoms. The van der Waals surface area contributed by atoms with Crippen LogP contribution < -0.4 is 4.74 Å². The van der Waals surface area contributed by atoms with Crippen molar-refractivity contribution in [3.8, 4) is 11.5 Å². The van der Waals surface area contributed by atoms with Crippen molar-refractivity contribution in [3.05, 3.63) is 22.2 Å². The van der Waals surface area contributed by atoms with Gasteiger partial charge >= 0.3 is 0 Å². The number of halogens is 1. The second-order valence-corrected chi connectivity index (χ2v) is 3.93. The van der Waals surface area contributed by atoms with Crippen molar-refractivity contribution in [1.82, 2.24) is 0 Å². The summed E-state index contributed by atoms with van der Waals surface area (Å²) in [4.78, 5) is 0. The summed E-state index contributed by atoms with van der Waals surface area (Å²) >= 11 is 6.07. The smallest absolute Gasteiger partial charge is 0.162 e. The summed E-state index contributed by atoms with van der Waals surface area (Å²) in [6.07, 6.45) is 0. The predicted molar refractivity (Wildman–Crippen MR) is 59.9 cm³/mol. The SMILES string of the molecule is COc1cc(C)c(Cl)c(C(C)CO)c1O. The third-order valence-electron chi connectivity index (χ3n) is 2.41. The van der Waals surface area contributed by atoms with E-state index in [1.807, 2.05) is 6.92 Å². The number of benzene rings is 1. The van der Waals surface area contributed by atoms with Crippen molar-refractivity contribution < 1.29 is 14.9 Å². The van der Waals surface area contributed by atoms with E-state index in [9.17, 15) is 5.11 Å². The number of ether oxygens (including phenoxy) is 1. The summed E-state index contributed by atoms with van der Waals surface area (Å²) in [6, 6.07) is 1.67. The Balaban J connectivity index is 3.40. The van der Waals surface area contributed by atoms with Crippen LogP contribution in [0.4, 0.5) is 0 Å². The minimum absolute atomic E-state index is 0.00894. The third-order valence-corrected chi connectivity index (χ3v) is 2.91. The van der Waals surface area contributed by atoms with Gasteiger partial charge in [-0.15, -0.1) is 0 Å². The van der Waals surface area contributed by atoms with Gasteiger partial charge in [-0.05, 0) is 18.6 Å². The molecule has 1 unspecified atom stereocenters. The molecule has 1 aromatic rings. The molecule has 0 radical (unpaired) electrons. The molecule has 2 N–H and O–H groups in total. The maximum Gasteiger partial charge on any atom is 0.162 e. The van der Waals surface area contributed by atoms with E-state index >= 15 is 0 Å². The normalized spacial score (nSPS) is 12.6. The summed E-state index contributed by atoms with van der Waals surface area (Å²) < 4.78 is 5.03. The molecule has 3 nitrogen and oxygen atoms in total. The highest BCUT2D eigenvalue weighted by atomic mass is 35.5. The van der Waals surface area contributed by atoms with Gasteiger partial charge in [0.25, 0.3) is 0 Å². The summed E-state index contributed by atoms with van der Waals surface area (Å²) in [5.41, 5.74) is 1.36. The summed E-state index contributed by atoms with van der Waals surface area (Å²) in [5.74, 6) is 0.174. The van der Waals surface area contributed by atoms with Crippen LogP contribution in [0.3, 0.4) is 0 Å². The molecule has 4 heteroatoms. The van der Waals surface area contributed by atoms with E-state index in [1.165, 1.54) is 7.11 Å². The molecule has 1 atom stereocenters. The maximum absolute atomic E-state index is 9.88. The van der Waals surface area contributed by atoms with Crippen molar-refractivity contribution in [2.75, 3.05) is 13.7 Å². The number of phenolic OH excluding ortho intramolecular Hbond substituents is 1. The highest BCUT2D eigenvalue weighted by Gasteiger charge is 2.19. The van der Waals surface area contributed by atoms with E-state index in [1.54, 1.807) is 13.0 Å². The lowest BCUT2D eigenvalue weighted by atomic mass is 9.98. The van der Waals surface area contributed by atoms with Gasteiger partial charge in [-0.1, -0.05) is 18.5 Å². The van der Waals surface area contributed by atoms with Crippen molar-refractivity contribution >= 4 is 11.6 Å². The number of aliphatic hydroxyl groups excluding tert-OH is 1. The van der Waals surface area contributed by atoms with Crippen LogP contribution in [-0.4, -0.2) is 23.9 Å². The van der Waals surface area contributed by atoms with Crippen LogP contribution in [0.25, 0.3) is 0 Å². The first-order valence-electron chi connectivity index (χ1n) is 4.69. The van der Waals surface area contributed by atoms with E-state index in [-0.39, 0.29) is 18.3 Å². The Morgan fingerprint density at radius 1 is 1.53 bits per heavy atom. The molecule has 15 heavy (non-hydrogen) atoms. The van der Waals surface area contributed by atoms with E-state index < -0.39 is 0 Å². The van der Waals surface area contributed by atoms with E-state index in [0.717, 1.165) is 5.56 Å². The number of aliphatic hydroxyl groups is 1. The molecule has 0 fully saturated rings. The minimum atomic E-state index is -0.216. The molecule has 1 rings (SSSR count). The lowest BCUT2D eigenvalue weighted by Crippen LogP contribution is -2.02. The molecular weight excluding hydrogens is 216 g/mol. The molecule has 0 aliphatic heterocycles. The fourth-order valence-electron chi connectivity index (χ4n) is 1.47. The molecule has 0 heterocycles. The van der Waals surface area contributed by atoms with E-state index in [0.29, 0.717) is 16.3 Å². The van der Waals surface area contributed by atoms with E-state index in [4.69, 9.17) is 21.4 Å². The first-order valence-corrected chi connectivity index (χ1v) is 5.07. The molecule has 0 amide bonds. The number of methoxy groups -OCH3 is 1. The van der Waals surface area contributed by atoms with Crippen molar-refractivity contribution in [3.63, 3.8) is 0 Å². The highest BCUT2D eigenvalue weighted by molar-refractivity contribution is 6.32. The van der Waals surface area contributed by atoms with Gasteiger partial charge in [-0.3, -0.25) is 0 Å². The van der Waals surface area contributed by atoms with Crippen LogP contribution in [0.5, 0.6) is 11.5 Å². The fraction of sp³-hybridized carbons (Fsp3) is 0.455. The lowest BCUT2D eigenvalue weighted by Gasteiger charge is -2.17. The van der Waals surface area contributed by atoms with Gasteiger partial charge in [0.1, 0.15) is 0 Å². The third kappa shape index (κ3) is 2.19. The standard InChI is InChI=1S/C11H15ClO3/c1-6-4-8(15-3)11(14)9(10(6)12)7(2)5-13/h4,7,13-14H,5H2,1-3H3. The molecule has 1 aromatic carbocycles. The summed E-state index contributed by atoms with van der Waals surface area (Å²) in [6.45, 7) is 3.55. The van der Waals surface area contributed by atoms with Crippen molar-refractivity contribution in [2.24, 2.45) is 0 Å². The van der Waals surface area contributed by atoms with Gasteiger partial charge in [0, 0.05) is 18.1 Å². The molecule has 84 valence electrons. The average molecular weight is 231 g/mol. The maximum atomic E-state index is 9.88. The molecule has 0 bridgehead atoms. The number of rotatable bonds is 3. The fourth-order valence-corrected chi connectivity index (χ4v) is 1.80. The first kappa shape index (κ1) is 12.1. The van der Waals surface area contributed by atoms with Gasteiger partial charge in [-0.25, -0.2) is 0 Å². The predicted octanol–water partition coefficient (Wildman–Crippen LogP) is 2.46. The van der Waals surface area contributed by atoms with Crippen molar-refractivity contribution in [1.29, 1.82) is 0 Å². The highest BCUT2D eigenvalue weighted by Crippen LogP contribution is 2.41. The Kier molecular flexibility index (Phi) is 3.83. The Bertz CT molecular complexity index is 363. The topological polar surface area (TPSA) is 49.7 Å². The summed E-state index contributed by atoms with van der Waals surface area (Å²) in [7, 11) is 1.48. The quantitative estimate of drug-likeness (QED) is 0.839. The number of aryl methyl sites for hydroxylation is 1. The van der Waals surface area contributed by atoms with Crippen LogP contribution in [0.2, 0.25) is 5.02 Å².